The minimum absolute atomic E-state index is 0.0747. The second-order valence-electron chi connectivity index (χ2n) is 13.0. The van der Waals surface area contributed by atoms with Gasteiger partial charge in [0.15, 0.2) is 6.10 Å². The molecule has 0 aromatic heterocycles. The molecule has 0 radical (unpaired) electrons. The van der Waals surface area contributed by atoms with Gasteiger partial charge in [0.05, 0.1) is 31.8 Å². The van der Waals surface area contributed by atoms with Crippen molar-refractivity contribution in [1.29, 1.82) is 0 Å². The van der Waals surface area contributed by atoms with Crippen LogP contribution in [0.25, 0.3) is 0 Å². The lowest BCUT2D eigenvalue weighted by atomic mass is 9.89. The minimum atomic E-state index is -1.47. The Morgan fingerprint density at radius 1 is 1.16 bits per heavy atom. The van der Waals surface area contributed by atoms with E-state index >= 15 is 0 Å². The number of allylic oxidation sites excluding steroid dienone is 2. The van der Waals surface area contributed by atoms with Crippen LogP contribution in [0.4, 0.5) is 9.59 Å². The molecule has 3 aliphatic heterocycles. The van der Waals surface area contributed by atoms with Crippen LogP contribution in [0.15, 0.2) is 36.0 Å². The number of carbonyl (C=O) groups is 3. The fourth-order valence-electron chi connectivity index (χ4n) is 5.72. The molecule has 12 nitrogen and oxygen atoms in total. The van der Waals surface area contributed by atoms with Crippen LogP contribution in [0.1, 0.15) is 59.8 Å². The number of hydrogen-bond donors (Lipinski definition) is 3. The number of likely N-dealkylation sites (N-methyl/N-ethyl adjacent to an activating group) is 1. The zero-order valence-corrected chi connectivity index (χ0v) is 27.5. The van der Waals surface area contributed by atoms with E-state index in [1.54, 1.807) is 28.9 Å². The van der Waals surface area contributed by atoms with Gasteiger partial charge >= 0.3 is 18.2 Å². The number of aliphatic hydroxyl groups is 3. The van der Waals surface area contributed by atoms with Crippen LogP contribution < -0.4 is 0 Å². The quantitative estimate of drug-likeness (QED) is 0.165. The maximum Gasteiger partial charge on any atom is 0.410 e. The Balaban J connectivity index is 1.70. The summed E-state index contributed by atoms with van der Waals surface area (Å²) in [5, 5.41) is 31.3. The number of piperazine rings is 1. The first-order valence-electron chi connectivity index (χ1n) is 16.1. The number of carbonyl (C=O) groups excluding carboxylic acids is 3. The number of hydrogen-bond acceptors (Lipinski definition) is 10. The van der Waals surface area contributed by atoms with Crippen LogP contribution in [0.5, 0.6) is 0 Å². The van der Waals surface area contributed by atoms with Crippen molar-refractivity contribution >= 4 is 18.2 Å². The first-order chi connectivity index (χ1) is 21.3. The second kappa shape index (κ2) is 17.1. The molecule has 2 fully saturated rings. The summed E-state index contributed by atoms with van der Waals surface area (Å²) in [6, 6.07) is -0.190. The summed E-state index contributed by atoms with van der Waals surface area (Å²) in [5.41, 5.74) is -0.730. The summed E-state index contributed by atoms with van der Waals surface area (Å²) in [7, 11) is 1.99. The van der Waals surface area contributed by atoms with Gasteiger partial charge in [0.25, 0.3) is 0 Å². The number of likely N-dealkylation sites (tertiary alicyclic amines) is 1. The van der Waals surface area contributed by atoms with E-state index in [2.05, 4.69) is 4.90 Å². The zero-order valence-electron chi connectivity index (χ0n) is 27.5. The lowest BCUT2D eigenvalue weighted by molar-refractivity contribution is -0.151. The van der Waals surface area contributed by atoms with Crippen LogP contribution >= 0.6 is 0 Å². The maximum absolute atomic E-state index is 13.0. The molecule has 0 aromatic rings. The maximum atomic E-state index is 13.0. The first kappa shape index (κ1) is 36.5. The topological polar surface area (TPSA) is 149 Å². The Kier molecular flexibility index (Phi) is 13.9. The van der Waals surface area contributed by atoms with E-state index in [1.165, 1.54) is 0 Å². The van der Waals surface area contributed by atoms with Crippen LogP contribution in [0, 0.1) is 11.8 Å². The third-order valence-corrected chi connectivity index (χ3v) is 8.85. The predicted molar refractivity (Wildman–Crippen MR) is 168 cm³/mol. The number of nitrogens with zero attached hydrogens (tertiary/aromatic N) is 3. The number of amides is 2. The van der Waals surface area contributed by atoms with E-state index < -0.39 is 42.1 Å². The molecule has 0 saturated carbocycles. The summed E-state index contributed by atoms with van der Waals surface area (Å²) in [6.45, 7) is 10.4. The Bertz CT molecular complexity index is 1080. The Hall–Kier alpha value is -2.93. The number of aliphatic hydroxyl groups excluding tert-OH is 2. The van der Waals surface area contributed by atoms with Gasteiger partial charge in [-0.2, -0.15) is 0 Å². The molecule has 254 valence electrons. The lowest BCUT2D eigenvalue weighted by Crippen LogP contribution is -2.50. The molecule has 2 amide bonds. The molecule has 3 N–H and O–H groups in total. The van der Waals surface area contributed by atoms with Crippen LogP contribution in [-0.2, 0) is 19.0 Å². The monoisotopic (exact) mass is 635 g/mol. The van der Waals surface area contributed by atoms with Crippen molar-refractivity contribution < 1.29 is 43.9 Å². The number of ether oxygens (including phenoxy) is 3. The summed E-state index contributed by atoms with van der Waals surface area (Å²) >= 11 is 0. The molecule has 0 spiro atoms. The van der Waals surface area contributed by atoms with Gasteiger partial charge in [0.1, 0.15) is 11.7 Å². The zero-order chi connectivity index (χ0) is 33.1. The average molecular weight is 636 g/mol. The lowest BCUT2D eigenvalue weighted by Gasteiger charge is -2.36. The molecular formula is C33H53N3O9. The van der Waals surface area contributed by atoms with Crippen molar-refractivity contribution in [1.82, 2.24) is 14.7 Å². The number of cyclic esters (lactones) is 1. The molecule has 1 unspecified atom stereocenters. The van der Waals surface area contributed by atoms with Gasteiger partial charge in [-0.1, -0.05) is 38.2 Å². The van der Waals surface area contributed by atoms with Gasteiger partial charge in [-0.3, -0.25) is 4.79 Å². The van der Waals surface area contributed by atoms with Crippen LogP contribution in [-0.4, -0.2) is 131 Å². The van der Waals surface area contributed by atoms with Crippen molar-refractivity contribution in [3.05, 3.63) is 36.0 Å². The SMILES string of the molecule is C/C(=C\C=C\C(C)COC(=O)N1CCC[C@@H]1CO)[C@H]1OC(=O)C[C@@H](O)CC[C@](C)(O)[C@@H](OC(=O)N2CCN(C)CC2)/C=C/[C@@H]1C. The summed E-state index contributed by atoms with van der Waals surface area (Å²) < 4.78 is 17.1. The van der Waals surface area contributed by atoms with Crippen molar-refractivity contribution in [3.63, 3.8) is 0 Å². The fourth-order valence-corrected chi connectivity index (χ4v) is 5.72. The second-order valence-corrected chi connectivity index (χ2v) is 13.0. The van der Waals surface area contributed by atoms with E-state index in [0.717, 1.165) is 31.5 Å². The van der Waals surface area contributed by atoms with E-state index in [9.17, 15) is 29.7 Å². The van der Waals surface area contributed by atoms with Crippen molar-refractivity contribution in [2.24, 2.45) is 11.8 Å². The first-order valence-corrected chi connectivity index (χ1v) is 16.1. The highest BCUT2D eigenvalue weighted by Gasteiger charge is 2.37. The van der Waals surface area contributed by atoms with E-state index in [1.807, 2.05) is 46.0 Å². The highest BCUT2D eigenvalue weighted by Crippen LogP contribution is 2.27. The van der Waals surface area contributed by atoms with E-state index in [-0.39, 0.29) is 50.4 Å². The molecule has 0 aromatic carbocycles. The minimum Gasteiger partial charge on any atom is -0.457 e. The number of rotatable bonds is 7. The standard InChI is InChI=1S/C33H53N3O9/c1-23(22-43-32(41)36-15-7-10-26(36)21-37)8-6-9-24(2)30-25(3)11-12-28(44-31(40)35-18-16-34(5)17-19-35)33(4,42)14-13-27(38)20-29(39)45-30/h6,8-9,11-12,23,25-28,30,37-38,42H,7,10,13-22H2,1-5H3/b8-6+,12-11+,24-9+/t23?,25-,26+,27-,28-,30+,33-/m0/s1. The highest BCUT2D eigenvalue weighted by molar-refractivity contribution is 5.70. The predicted octanol–water partition coefficient (Wildman–Crippen LogP) is 2.87. The van der Waals surface area contributed by atoms with Gasteiger partial charge < -0.3 is 44.2 Å². The molecule has 7 atom stereocenters. The molecule has 3 rings (SSSR count). The van der Waals surface area contributed by atoms with Crippen LogP contribution in [0.3, 0.4) is 0 Å². The molecule has 45 heavy (non-hydrogen) atoms. The van der Waals surface area contributed by atoms with Gasteiger partial charge in [-0.25, -0.2) is 9.59 Å². The third-order valence-electron chi connectivity index (χ3n) is 8.85. The normalized spacial score (nSPS) is 32.4. The van der Waals surface area contributed by atoms with Crippen molar-refractivity contribution in [2.45, 2.75) is 89.8 Å². The van der Waals surface area contributed by atoms with Gasteiger partial charge in [0.2, 0.25) is 0 Å². The summed E-state index contributed by atoms with van der Waals surface area (Å²) in [4.78, 5) is 43.5. The number of esters is 1. The van der Waals surface area contributed by atoms with Crippen LogP contribution in [0.2, 0.25) is 0 Å². The van der Waals surface area contributed by atoms with Crippen molar-refractivity contribution in [2.75, 3.05) is 53.0 Å². The van der Waals surface area contributed by atoms with E-state index in [4.69, 9.17) is 14.2 Å². The molecule has 2 saturated heterocycles. The fraction of sp³-hybridized carbons (Fsp3) is 0.727. The van der Waals surface area contributed by atoms with Gasteiger partial charge in [0, 0.05) is 44.6 Å². The Morgan fingerprint density at radius 3 is 2.56 bits per heavy atom. The molecule has 12 heteroatoms. The summed E-state index contributed by atoms with van der Waals surface area (Å²) in [6.07, 6.45) is 6.98. The van der Waals surface area contributed by atoms with Gasteiger partial charge in [-0.15, -0.1) is 0 Å². The van der Waals surface area contributed by atoms with Crippen molar-refractivity contribution in [3.8, 4) is 0 Å². The molecule has 0 bridgehead atoms. The molecule has 3 aliphatic rings. The average Bonchev–Trinajstić information content (AvgIpc) is 3.48. The Morgan fingerprint density at radius 2 is 1.87 bits per heavy atom. The Labute approximate surface area is 267 Å². The third kappa shape index (κ3) is 11.1. The smallest absolute Gasteiger partial charge is 0.410 e. The highest BCUT2D eigenvalue weighted by atomic mass is 16.6. The molecule has 0 aliphatic carbocycles. The molecular weight excluding hydrogens is 582 g/mol. The largest absolute Gasteiger partial charge is 0.457 e. The van der Waals surface area contributed by atoms with Gasteiger partial charge in [-0.05, 0) is 58.2 Å². The van der Waals surface area contributed by atoms with E-state index in [0.29, 0.717) is 19.6 Å². The molecule has 3 heterocycles. The summed E-state index contributed by atoms with van der Waals surface area (Å²) in [5.74, 6) is -0.988.